The number of rotatable bonds is 7. The monoisotopic (exact) mass is 355 g/mol. The summed E-state index contributed by atoms with van der Waals surface area (Å²) in [4.78, 5) is 16.3. The molecule has 23 heavy (non-hydrogen) atoms. The average molecular weight is 356 g/mol. The number of carbonyl (C=O) groups is 1. The predicted molar refractivity (Wildman–Crippen MR) is 95.1 cm³/mol. The molecule has 5 nitrogen and oxygen atoms in total. The highest BCUT2D eigenvalue weighted by atomic mass is 35.5. The molecule has 0 aliphatic rings. The van der Waals surface area contributed by atoms with E-state index in [1.807, 2.05) is 30.3 Å². The van der Waals surface area contributed by atoms with Gasteiger partial charge in [-0.25, -0.2) is 4.98 Å². The van der Waals surface area contributed by atoms with Crippen molar-refractivity contribution in [3.8, 4) is 0 Å². The van der Waals surface area contributed by atoms with Crippen molar-refractivity contribution in [2.24, 2.45) is 5.73 Å². The molecule has 1 amide bonds. The summed E-state index contributed by atoms with van der Waals surface area (Å²) in [5, 5.41) is 15.0. The van der Waals surface area contributed by atoms with Crippen LogP contribution in [0.4, 0.5) is 0 Å². The fraction of sp³-hybridized carbons (Fsp3) is 0.375. The largest absolute Gasteiger partial charge is 0.393 e. The van der Waals surface area contributed by atoms with Crippen LogP contribution >= 0.6 is 23.7 Å². The molecule has 2 rings (SSSR count). The molecule has 0 aliphatic carbocycles. The topological polar surface area (TPSA) is 88.2 Å². The summed E-state index contributed by atoms with van der Waals surface area (Å²) in [5.74, 6) is -0.139. The number of nitrogens with two attached hydrogens (primary N) is 1. The maximum absolute atomic E-state index is 12.1. The third-order valence-electron chi connectivity index (χ3n) is 3.36. The highest BCUT2D eigenvalue weighted by molar-refractivity contribution is 7.09. The normalized spacial score (nSPS) is 13.0. The number of aliphatic hydroxyl groups excluding tert-OH is 1. The standard InChI is InChI=1S/C16H21N3O2S.ClH/c1-11(20)7-13(12-5-3-2-4-6-12)9-18-16(21)14-10-22-15(8-17)19-14;/h2-6,10-11,13,20H,7-9,17H2,1H3,(H,18,21);1H. The summed E-state index contributed by atoms with van der Waals surface area (Å²) in [6.07, 6.45) is 0.167. The maximum atomic E-state index is 12.1. The maximum Gasteiger partial charge on any atom is 0.270 e. The molecule has 0 saturated heterocycles. The molecule has 1 heterocycles. The van der Waals surface area contributed by atoms with Crippen LogP contribution in [0.5, 0.6) is 0 Å². The van der Waals surface area contributed by atoms with Gasteiger partial charge in [0.05, 0.1) is 6.10 Å². The Hall–Kier alpha value is -1.47. The second-order valence-corrected chi connectivity index (χ2v) is 6.18. The first-order valence-electron chi connectivity index (χ1n) is 7.25. The Morgan fingerprint density at radius 3 is 2.65 bits per heavy atom. The van der Waals surface area contributed by atoms with Gasteiger partial charge in [-0.05, 0) is 18.9 Å². The molecular weight excluding hydrogens is 334 g/mol. The van der Waals surface area contributed by atoms with E-state index in [-0.39, 0.29) is 24.2 Å². The molecule has 7 heteroatoms. The Labute approximate surface area is 146 Å². The Bertz CT molecular complexity index is 604. The number of hydrogen-bond donors (Lipinski definition) is 3. The lowest BCUT2D eigenvalue weighted by molar-refractivity contribution is 0.0941. The number of aliphatic hydroxyl groups is 1. The van der Waals surface area contributed by atoms with Crippen LogP contribution in [0.15, 0.2) is 35.7 Å². The van der Waals surface area contributed by atoms with Crippen LogP contribution in [0, 0.1) is 0 Å². The molecule has 0 fully saturated rings. The minimum absolute atomic E-state index is 0. The van der Waals surface area contributed by atoms with E-state index in [1.54, 1.807) is 12.3 Å². The molecule has 2 atom stereocenters. The van der Waals surface area contributed by atoms with E-state index in [0.717, 1.165) is 10.6 Å². The zero-order valence-electron chi connectivity index (χ0n) is 12.9. The predicted octanol–water partition coefficient (Wildman–Crippen LogP) is 2.31. The van der Waals surface area contributed by atoms with Gasteiger partial charge in [0.15, 0.2) is 0 Å². The SMILES string of the molecule is CC(O)CC(CNC(=O)c1csc(CN)n1)c1ccccc1.Cl. The van der Waals surface area contributed by atoms with Crippen LogP contribution in [-0.2, 0) is 6.54 Å². The third-order valence-corrected chi connectivity index (χ3v) is 4.24. The first-order valence-corrected chi connectivity index (χ1v) is 8.13. The van der Waals surface area contributed by atoms with Crippen LogP contribution in [0.2, 0.25) is 0 Å². The van der Waals surface area contributed by atoms with Gasteiger partial charge >= 0.3 is 0 Å². The minimum Gasteiger partial charge on any atom is -0.393 e. The van der Waals surface area contributed by atoms with Crippen molar-refractivity contribution in [3.63, 3.8) is 0 Å². The van der Waals surface area contributed by atoms with E-state index in [1.165, 1.54) is 11.3 Å². The fourth-order valence-corrected chi connectivity index (χ4v) is 2.94. The molecular formula is C16H22ClN3O2S. The van der Waals surface area contributed by atoms with Crippen LogP contribution in [0.3, 0.4) is 0 Å². The van der Waals surface area contributed by atoms with Gasteiger partial charge < -0.3 is 16.2 Å². The molecule has 2 unspecified atom stereocenters. The van der Waals surface area contributed by atoms with Crippen molar-refractivity contribution in [2.45, 2.75) is 31.9 Å². The number of halogens is 1. The molecule has 2 aromatic rings. The zero-order valence-corrected chi connectivity index (χ0v) is 14.6. The number of carbonyl (C=O) groups excluding carboxylic acids is 1. The molecule has 1 aromatic heterocycles. The molecule has 1 aromatic carbocycles. The molecule has 4 N–H and O–H groups in total. The quantitative estimate of drug-likeness (QED) is 0.711. The lowest BCUT2D eigenvalue weighted by atomic mass is 9.93. The average Bonchev–Trinajstić information content (AvgIpc) is 3.01. The molecule has 0 saturated carbocycles. The number of nitrogens with zero attached hydrogens (tertiary/aromatic N) is 1. The van der Waals surface area contributed by atoms with Gasteiger partial charge in [-0.1, -0.05) is 30.3 Å². The first-order chi connectivity index (χ1) is 10.6. The van der Waals surface area contributed by atoms with Crippen molar-refractivity contribution in [2.75, 3.05) is 6.54 Å². The lowest BCUT2D eigenvalue weighted by Gasteiger charge is -2.19. The second-order valence-electron chi connectivity index (χ2n) is 5.23. The van der Waals surface area contributed by atoms with E-state index in [9.17, 15) is 9.90 Å². The van der Waals surface area contributed by atoms with Gasteiger partial charge in [0, 0.05) is 24.4 Å². The van der Waals surface area contributed by atoms with E-state index >= 15 is 0 Å². The minimum atomic E-state index is -0.426. The molecule has 0 radical (unpaired) electrons. The summed E-state index contributed by atoms with van der Waals surface area (Å²) in [6, 6.07) is 9.88. The van der Waals surface area contributed by atoms with Crippen molar-refractivity contribution >= 4 is 29.7 Å². The van der Waals surface area contributed by atoms with Crippen molar-refractivity contribution in [1.82, 2.24) is 10.3 Å². The zero-order chi connectivity index (χ0) is 15.9. The van der Waals surface area contributed by atoms with Crippen molar-refractivity contribution in [3.05, 3.63) is 52.0 Å². The number of benzene rings is 1. The number of thiazole rings is 1. The molecule has 0 aliphatic heterocycles. The van der Waals surface area contributed by atoms with Gasteiger partial charge in [-0.15, -0.1) is 23.7 Å². The second kappa shape index (κ2) is 9.62. The van der Waals surface area contributed by atoms with Crippen molar-refractivity contribution in [1.29, 1.82) is 0 Å². The van der Waals surface area contributed by atoms with Crippen molar-refractivity contribution < 1.29 is 9.90 Å². The summed E-state index contributed by atoms with van der Waals surface area (Å²) in [7, 11) is 0. The van der Waals surface area contributed by atoms with Crippen LogP contribution in [0.25, 0.3) is 0 Å². The van der Waals surface area contributed by atoms with Gasteiger partial charge in [-0.3, -0.25) is 4.79 Å². The lowest BCUT2D eigenvalue weighted by Crippen LogP contribution is -2.30. The van der Waals surface area contributed by atoms with Gasteiger partial charge in [0.1, 0.15) is 10.7 Å². The summed E-state index contributed by atoms with van der Waals surface area (Å²) < 4.78 is 0. The summed E-state index contributed by atoms with van der Waals surface area (Å²) in [5.41, 5.74) is 7.00. The fourth-order valence-electron chi connectivity index (χ4n) is 2.29. The first kappa shape index (κ1) is 19.6. The van der Waals surface area contributed by atoms with E-state index in [4.69, 9.17) is 5.73 Å². The molecule has 0 bridgehead atoms. The van der Waals surface area contributed by atoms with E-state index < -0.39 is 6.10 Å². The van der Waals surface area contributed by atoms with E-state index in [0.29, 0.717) is 25.2 Å². The Morgan fingerprint density at radius 1 is 1.39 bits per heavy atom. The van der Waals surface area contributed by atoms with Crippen LogP contribution in [0.1, 0.15) is 40.3 Å². The number of hydrogen-bond acceptors (Lipinski definition) is 5. The number of aromatic nitrogens is 1. The summed E-state index contributed by atoms with van der Waals surface area (Å²) in [6.45, 7) is 2.56. The molecule has 126 valence electrons. The molecule has 0 spiro atoms. The van der Waals surface area contributed by atoms with Gasteiger partial charge in [0.25, 0.3) is 5.91 Å². The van der Waals surface area contributed by atoms with Gasteiger partial charge in [-0.2, -0.15) is 0 Å². The highest BCUT2D eigenvalue weighted by Crippen LogP contribution is 2.20. The van der Waals surface area contributed by atoms with Crippen LogP contribution in [-0.4, -0.2) is 28.6 Å². The van der Waals surface area contributed by atoms with Crippen LogP contribution < -0.4 is 11.1 Å². The smallest absolute Gasteiger partial charge is 0.270 e. The summed E-state index contributed by atoms with van der Waals surface area (Å²) >= 11 is 1.38. The highest BCUT2D eigenvalue weighted by Gasteiger charge is 2.17. The number of nitrogens with one attached hydrogen (secondary N) is 1. The van der Waals surface area contributed by atoms with E-state index in [2.05, 4.69) is 10.3 Å². The Kier molecular flexibility index (Phi) is 8.19. The number of amides is 1. The van der Waals surface area contributed by atoms with Gasteiger partial charge in [0.2, 0.25) is 0 Å². The Morgan fingerprint density at radius 2 is 2.09 bits per heavy atom. The third kappa shape index (κ3) is 5.91. The Balaban J connectivity index is 0.00000264.